The lowest BCUT2D eigenvalue weighted by atomic mass is 9.97. The molecule has 0 radical (unpaired) electrons. The van der Waals surface area contributed by atoms with E-state index in [0.717, 1.165) is 61.3 Å². The van der Waals surface area contributed by atoms with Gasteiger partial charge in [-0.3, -0.25) is 9.78 Å². The van der Waals surface area contributed by atoms with Crippen LogP contribution in [0.15, 0.2) is 42.7 Å². The molecule has 2 saturated heterocycles. The lowest BCUT2D eigenvalue weighted by Crippen LogP contribution is -2.41. The Morgan fingerprint density at radius 3 is 2.79 bits per heavy atom. The second-order valence-corrected chi connectivity index (χ2v) is 7.57. The Bertz CT molecular complexity index is 868. The zero-order valence-electron chi connectivity index (χ0n) is 16.2. The van der Waals surface area contributed by atoms with Gasteiger partial charge in [0, 0.05) is 43.3 Å². The summed E-state index contributed by atoms with van der Waals surface area (Å²) in [6.45, 7) is 3.49. The molecule has 0 saturated carbocycles. The molecule has 2 aliphatic rings. The second-order valence-electron chi connectivity index (χ2n) is 7.57. The SMILES string of the molecule is Cc1cc(NC(=O)N2CCCCC2c2cccnc2)ccc1N1CCCC1=O. The fourth-order valence-electron chi connectivity index (χ4n) is 4.23. The summed E-state index contributed by atoms with van der Waals surface area (Å²) in [7, 11) is 0. The van der Waals surface area contributed by atoms with Gasteiger partial charge in [0.25, 0.3) is 0 Å². The standard InChI is InChI=1S/C22H26N4O2/c1-16-14-18(9-10-19(16)25-13-5-8-21(25)27)24-22(28)26-12-3-2-7-20(26)17-6-4-11-23-15-17/h4,6,9-11,14-15,20H,2-3,5,7-8,12-13H2,1H3,(H,24,28). The summed E-state index contributed by atoms with van der Waals surface area (Å²) in [5.74, 6) is 0.174. The van der Waals surface area contributed by atoms with Gasteiger partial charge < -0.3 is 15.1 Å². The Morgan fingerprint density at radius 1 is 1.18 bits per heavy atom. The molecule has 3 heterocycles. The van der Waals surface area contributed by atoms with Gasteiger partial charge in [0.1, 0.15) is 0 Å². The van der Waals surface area contributed by atoms with Crippen molar-refractivity contribution in [2.45, 2.75) is 45.1 Å². The van der Waals surface area contributed by atoms with E-state index < -0.39 is 0 Å². The van der Waals surface area contributed by atoms with Crippen LogP contribution in [0, 0.1) is 6.92 Å². The third-order valence-electron chi connectivity index (χ3n) is 5.65. The number of aryl methyl sites for hydroxylation is 1. The van der Waals surface area contributed by atoms with E-state index in [1.54, 1.807) is 6.20 Å². The van der Waals surface area contributed by atoms with E-state index in [1.807, 2.05) is 53.3 Å². The molecule has 3 amide bonds. The second kappa shape index (κ2) is 8.00. The molecule has 0 aliphatic carbocycles. The fraction of sp³-hybridized carbons (Fsp3) is 0.409. The van der Waals surface area contributed by atoms with Crippen molar-refractivity contribution in [1.82, 2.24) is 9.88 Å². The van der Waals surface area contributed by atoms with E-state index in [9.17, 15) is 9.59 Å². The van der Waals surface area contributed by atoms with Gasteiger partial charge in [-0.1, -0.05) is 6.07 Å². The number of pyridine rings is 1. The summed E-state index contributed by atoms with van der Waals surface area (Å²) in [6.07, 6.45) is 8.20. The van der Waals surface area contributed by atoms with Crippen LogP contribution in [0.5, 0.6) is 0 Å². The van der Waals surface area contributed by atoms with Crippen LogP contribution in [-0.2, 0) is 4.79 Å². The molecular formula is C22H26N4O2. The Labute approximate surface area is 165 Å². The maximum Gasteiger partial charge on any atom is 0.322 e. The molecule has 1 aromatic carbocycles. The van der Waals surface area contributed by atoms with Crippen molar-refractivity contribution < 1.29 is 9.59 Å². The van der Waals surface area contributed by atoms with Crippen molar-refractivity contribution in [2.24, 2.45) is 0 Å². The number of likely N-dealkylation sites (tertiary alicyclic amines) is 1. The molecular weight excluding hydrogens is 352 g/mol. The Balaban J connectivity index is 1.49. The molecule has 6 heteroatoms. The Kier molecular flexibility index (Phi) is 5.28. The lowest BCUT2D eigenvalue weighted by Gasteiger charge is -2.36. The number of amides is 3. The van der Waals surface area contributed by atoms with Gasteiger partial charge in [-0.25, -0.2) is 4.79 Å². The number of hydrogen-bond donors (Lipinski definition) is 1. The molecule has 1 aromatic heterocycles. The number of aromatic nitrogens is 1. The number of rotatable bonds is 3. The predicted molar refractivity (Wildman–Crippen MR) is 109 cm³/mol. The minimum atomic E-state index is -0.0852. The van der Waals surface area contributed by atoms with Gasteiger partial charge in [0.05, 0.1) is 6.04 Å². The maximum absolute atomic E-state index is 13.0. The Hall–Kier alpha value is -2.89. The minimum Gasteiger partial charge on any atom is -0.317 e. The minimum absolute atomic E-state index is 0.0602. The molecule has 6 nitrogen and oxygen atoms in total. The molecule has 1 N–H and O–H groups in total. The van der Waals surface area contributed by atoms with Gasteiger partial charge in [0.2, 0.25) is 5.91 Å². The first-order chi connectivity index (χ1) is 13.6. The molecule has 1 atom stereocenters. The fourth-order valence-corrected chi connectivity index (χ4v) is 4.23. The summed E-state index contributed by atoms with van der Waals surface area (Å²) in [4.78, 5) is 33.0. The van der Waals surface area contributed by atoms with E-state index in [0.29, 0.717) is 6.42 Å². The number of hydrogen-bond acceptors (Lipinski definition) is 3. The molecule has 4 rings (SSSR count). The largest absolute Gasteiger partial charge is 0.322 e. The van der Waals surface area contributed by atoms with Crippen molar-refractivity contribution in [3.05, 3.63) is 53.9 Å². The highest BCUT2D eigenvalue weighted by Crippen LogP contribution is 2.32. The van der Waals surface area contributed by atoms with E-state index in [1.165, 1.54) is 0 Å². The molecule has 28 heavy (non-hydrogen) atoms. The topological polar surface area (TPSA) is 65.5 Å². The van der Waals surface area contributed by atoms with E-state index >= 15 is 0 Å². The zero-order chi connectivity index (χ0) is 19.5. The number of nitrogens with zero attached hydrogens (tertiary/aromatic N) is 3. The molecule has 1 unspecified atom stereocenters. The third kappa shape index (κ3) is 3.72. The smallest absolute Gasteiger partial charge is 0.317 e. The van der Waals surface area contributed by atoms with Crippen LogP contribution in [0.1, 0.15) is 49.3 Å². The van der Waals surface area contributed by atoms with Crippen molar-refractivity contribution in [3.63, 3.8) is 0 Å². The van der Waals surface area contributed by atoms with Crippen molar-refractivity contribution >= 4 is 23.3 Å². The van der Waals surface area contributed by atoms with Crippen LogP contribution in [0.25, 0.3) is 0 Å². The third-order valence-corrected chi connectivity index (χ3v) is 5.65. The summed E-state index contributed by atoms with van der Waals surface area (Å²) in [6, 6.07) is 9.69. The number of carbonyl (C=O) groups is 2. The first-order valence-corrected chi connectivity index (χ1v) is 10.0. The van der Waals surface area contributed by atoms with Crippen molar-refractivity contribution in [1.29, 1.82) is 0 Å². The number of anilines is 2. The van der Waals surface area contributed by atoms with Crippen LogP contribution < -0.4 is 10.2 Å². The lowest BCUT2D eigenvalue weighted by molar-refractivity contribution is -0.117. The van der Waals surface area contributed by atoms with Crippen molar-refractivity contribution in [2.75, 3.05) is 23.3 Å². The number of nitrogens with one attached hydrogen (secondary N) is 1. The first-order valence-electron chi connectivity index (χ1n) is 10.0. The number of piperidine rings is 1. The van der Waals surface area contributed by atoms with Crippen LogP contribution in [0.3, 0.4) is 0 Å². The van der Waals surface area contributed by atoms with Crippen molar-refractivity contribution in [3.8, 4) is 0 Å². The molecule has 0 bridgehead atoms. The summed E-state index contributed by atoms with van der Waals surface area (Å²) < 4.78 is 0. The van der Waals surface area contributed by atoms with Gasteiger partial charge in [-0.15, -0.1) is 0 Å². The van der Waals surface area contributed by atoms with E-state index in [-0.39, 0.29) is 18.0 Å². The molecule has 2 aromatic rings. The number of benzene rings is 1. The van der Waals surface area contributed by atoms with Gasteiger partial charge >= 0.3 is 6.03 Å². The molecule has 0 spiro atoms. The molecule has 2 aliphatic heterocycles. The van der Waals surface area contributed by atoms with Crippen LogP contribution >= 0.6 is 0 Å². The van der Waals surface area contributed by atoms with Crippen LogP contribution in [-0.4, -0.2) is 34.9 Å². The van der Waals surface area contributed by atoms with Gasteiger partial charge in [-0.05, 0) is 68.0 Å². The quantitative estimate of drug-likeness (QED) is 0.867. The first kappa shape index (κ1) is 18.5. The average Bonchev–Trinajstić information content (AvgIpc) is 3.14. The molecule has 2 fully saturated rings. The van der Waals surface area contributed by atoms with Crippen LogP contribution in [0.4, 0.5) is 16.2 Å². The monoisotopic (exact) mass is 378 g/mol. The van der Waals surface area contributed by atoms with E-state index in [2.05, 4.69) is 10.3 Å². The highest BCUT2D eigenvalue weighted by molar-refractivity contribution is 5.97. The predicted octanol–water partition coefficient (Wildman–Crippen LogP) is 4.28. The molecule has 146 valence electrons. The van der Waals surface area contributed by atoms with Crippen LogP contribution in [0.2, 0.25) is 0 Å². The number of carbonyl (C=O) groups excluding carboxylic acids is 2. The number of urea groups is 1. The summed E-state index contributed by atoms with van der Waals surface area (Å²) in [5, 5.41) is 3.04. The van der Waals surface area contributed by atoms with Gasteiger partial charge in [-0.2, -0.15) is 0 Å². The summed E-state index contributed by atoms with van der Waals surface area (Å²) >= 11 is 0. The van der Waals surface area contributed by atoms with E-state index in [4.69, 9.17) is 0 Å². The highest BCUT2D eigenvalue weighted by Gasteiger charge is 2.28. The Morgan fingerprint density at radius 2 is 2.07 bits per heavy atom. The maximum atomic E-state index is 13.0. The van der Waals surface area contributed by atoms with Gasteiger partial charge in [0.15, 0.2) is 0 Å². The highest BCUT2D eigenvalue weighted by atomic mass is 16.2. The zero-order valence-corrected chi connectivity index (χ0v) is 16.2. The average molecular weight is 378 g/mol. The normalized spacial score (nSPS) is 19.8. The summed E-state index contributed by atoms with van der Waals surface area (Å²) in [5.41, 5.74) is 3.77.